The van der Waals surface area contributed by atoms with Gasteiger partial charge in [-0.3, -0.25) is 4.98 Å². The summed E-state index contributed by atoms with van der Waals surface area (Å²) in [4.78, 5) is 7.14. The number of nitrogens with zero attached hydrogens (tertiary/aromatic N) is 2. The molecule has 3 N–H and O–H groups in total. The molecule has 7 heteroatoms. The van der Waals surface area contributed by atoms with Crippen LogP contribution in [0, 0.1) is 5.82 Å². The second-order valence-corrected chi connectivity index (χ2v) is 9.84. The lowest BCUT2D eigenvalue weighted by molar-refractivity contribution is 0.442. The summed E-state index contributed by atoms with van der Waals surface area (Å²) in [6, 6.07) is 7.48. The third kappa shape index (κ3) is 4.44. The van der Waals surface area contributed by atoms with Gasteiger partial charge in [0.15, 0.2) is 0 Å². The summed E-state index contributed by atoms with van der Waals surface area (Å²) in [7, 11) is 2.04. The van der Waals surface area contributed by atoms with Crippen LogP contribution in [0.3, 0.4) is 0 Å². The molecule has 1 aromatic heterocycles. The summed E-state index contributed by atoms with van der Waals surface area (Å²) in [5.74, 6) is -0.294. The van der Waals surface area contributed by atoms with Gasteiger partial charge in [0.25, 0.3) is 0 Å². The molecule has 4 heterocycles. The molecule has 0 amide bonds. The Morgan fingerprint density at radius 3 is 2.85 bits per heavy atom. The van der Waals surface area contributed by atoms with E-state index < -0.39 is 5.54 Å². The minimum atomic E-state index is -0.504. The molecule has 2 aromatic rings. The zero-order valence-corrected chi connectivity index (χ0v) is 20.4. The number of fused-ring (bicyclic) bond motifs is 1. The molecule has 3 aliphatic rings. The Morgan fingerprint density at radius 2 is 2.06 bits per heavy atom. The van der Waals surface area contributed by atoms with Crippen molar-refractivity contribution in [1.82, 2.24) is 15.6 Å². The summed E-state index contributed by atoms with van der Waals surface area (Å²) in [6.07, 6.45) is 14.0. The van der Waals surface area contributed by atoms with Crippen LogP contribution in [-0.4, -0.2) is 36.7 Å². The molecule has 0 spiro atoms. The minimum absolute atomic E-state index is 0.294. The van der Waals surface area contributed by atoms with Crippen molar-refractivity contribution in [2.45, 2.75) is 44.2 Å². The van der Waals surface area contributed by atoms with Crippen LogP contribution in [0.25, 0.3) is 11.8 Å². The van der Waals surface area contributed by atoms with Gasteiger partial charge in [-0.25, -0.2) is 4.39 Å². The largest absolute Gasteiger partial charge is 0.371 e. The highest BCUT2D eigenvalue weighted by atomic mass is 35.5. The molecule has 1 aromatic carbocycles. The number of anilines is 2. The van der Waals surface area contributed by atoms with Crippen molar-refractivity contribution in [3.63, 3.8) is 0 Å². The number of hydrogen-bond acceptors (Lipinski definition) is 5. The number of hydrogen-bond donors (Lipinski definition) is 3. The minimum Gasteiger partial charge on any atom is -0.371 e. The topological polar surface area (TPSA) is 52.2 Å². The standard InChI is InChI=1S/C27H31ClFN5/c1-27(22-5-3-4-12-31-26(22)21-15-18(28)6-7-23(21)29)11-8-24-25(33-27)16-20(17-32-24)34-13-9-19(30-2)10-14-34/h4,6-8,11-12,15-17,19,30-31,33H,3,5,9-10,13-14H2,1-2H3. The highest BCUT2D eigenvalue weighted by molar-refractivity contribution is 6.30. The van der Waals surface area contributed by atoms with E-state index in [9.17, 15) is 4.39 Å². The van der Waals surface area contributed by atoms with Crippen molar-refractivity contribution in [2.75, 3.05) is 30.4 Å². The number of allylic oxidation sites excluding steroid dienone is 1. The Labute approximate surface area is 205 Å². The van der Waals surface area contributed by atoms with Gasteiger partial charge in [0, 0.05) is 29.7 Å². The van der Waals surface area contributed by atoms with Crippen molar-refractivity contribution < 1.29 is 4.39 Å². The number of benzene rings is 1. The second kappa shape index (κ2) is 9.43. The van der Waals surface area contributed by atoms with E-state index in [0.717, 1.165) is 67.1 Å². The van der Waals surface area contributed by atoms with E-state index in [0.29, 0.717) is 16.6 Å². The predicted octanol–water partition coefficient (Wildman–Crippen LogP) is 5.57. The molecule has 1 atom stereocenters. The van der Waals surface area contributed by atoms with Gasteiger partial charge in [-0.2, -0.15) is 0 Å². The SMILES string of the molecule is CNC1CCN(c2cnc3c(c2)NC(C)(C2=C(c4cc(Cl)ccc4F)NC=CCC2)C=C3)CC1. The fourth-order valence-corrected chi connectivity index (χ4v) is 5.33. The Bertz CT molecular complexity index is 1170. The van der Waals surface area contributed by atoms with Crippen molar-refractivity contribution in [3.05, 3.63) is 76.5 Å². The summed E-state index contributed by atoms with van der Waals surface area (Å²) in [5.41, 5.74) is 4.87. The molecular formula is C27H31ClFN5. The predicted molar refractivity (Wildman–Crippen MR) is 139 cm³/mol. The lowest BCUT2D eigenvalue weighted by atomic mass is 9.83. The van der Waals surface area contributed by atoms with Crippen LogP contribution >= 0.6 is 11.6 Å². The smallest absolute Gasteiger partial charge is 0.132 e. The number of piperidine rings is 1. The third-order valence-corrected chi connectivity index (χ3v) is 7.41. The molecule has 34 heavy (non-hydrogen) atoms. The average Bonchev–Trinajstić information content (AvgIpc) is 3.12. The van der Waals surface area contributed by atoms with Crippen molar-refractivity contribution in [3.8, 4) is 0 Å². The van der Waals surface area contributed by atoms with Crippen LogP contribution in [0.15, 0.2) is 54.4 Å². The average molecular weight is 480 g/mol. The van der Waals surface area contributed by atoms with Gasteiger partial charge in [-0.1, -0.05) is 23.8 Å². The molecule has 0 radical (unpaired) electrons. The fourth-order valence-electron chi connectivity index (χ4n) is 5.15. The molecule has 0 bridgehead atoms. The second-order valence-electron chi connectivity index (χ2n) is 9.40. The van der Waals surface area contributed by atoms with Crippen LogP contribution in [-0.2, 0) is 0 Å². The van der Waals surface area contributed by atoms with Gasteiger partial charge in [-0.05, 0) is 81.8 Å². The first kappa shape index (κ1) is 22.9. The zero-order valence-electron chi connectivity index (χ0n) is 19.7. The van der Waals surface area contributed by atoms with Crippen molar-refractivity contribution in [1.29, 1.82) is 0 Å². The summed E-state index contributed by atoms with van der Waals surface area (Å²) < 4.78 is 14.9. The highest BCUT2D eigenvalue weighted by Gasteiger charge is 2.33. The molecule has 1 saturated heterocycles. The Hall–Kier alpha value is -2.83. The number of aromatic nitrogens is 1. The molecule has 1 fully saturated rings. The van der Waals surface area contributed by atoms with E-state index in [1.807, 2.05) is 19.4 Å². The van der Waals surface area contributed by atoms with Gasteiger partial charge >= 0.3 is 0 Å². The van der Waals surface area contributed by atoms with Crippen molar-refractivity contribution in [2.24, 2.45) is 0 Å². The quantitative estimate of drug-likeness (QED) is 0.535. The number of pyridine rings is 1. The molecular weight excluding hydrogens is 449 g/mol. The number of nitrogens with one attached hydrogen (secondary N) is 3. The Morgan fingerprint density at radius 1 is 1.24 bits per heavy atom. The van der Waals surface area contributed by atoms with Crippen LogP contribution in [0.4, 0.5) is 15.8 Å². The summed E-state index contributed by atoms with van der Waals surface area (Å²) >= 11 is 6.24. The van der Waals surface area contributed by atoms with Crippen molar-refractivity contribution >= 4 is 34.7 Å². The molecule has 0 aliphatic carbocycles. The first-order valence-corrected chi connectivity index (χ1v) is 12.3. The lowest BCUT2D eigenvalue weighted by Crippen LogP contribution is -2.41. The van der Waals surface area contributed by atoms with E-state index in [-0.39, 0.29) is 5.82 Å². The maximum Gasteiger partial charge on any atom is 0.132 e. The molecule has 178 valence electrons. The van der Waals surface area contributed by atoms with E-state index in [4.69, 9.17) is 16.6 Å². The molecule has 5 nitrogen and oxygen atoms in total. The van der Waals surface area contributed by atoms with E-state index in [1.165, 1.54) is 6.07 Å². The van der Waals surface area contributed by atoms with E-state index >= 15 is 0 Å². The maximum atomic E-state index is 14.9. The Kier molecular flexibility index (Phi) is 6.36. The molecule has 0 saturated carbocycles. The third-order valence-electron chi connectivity index (χ3n) is 7.17. The van der Waals surface area contributed by atoms with Gasteiger partial charge in [0.05, 0.1) is 34.5 Å². The van der Waals surface area contributed by atoms with Gasteiger partial charge in [0.2, 0.25) is 0 Å². The molecule has 3 aliphatic heterocycles. The first-order chi connectivity index (χ1) is 16.5. The van der Waals surface area contributed by atoms with Crippen LogP contribution in [0.2, 0.25) is 5.02 Å². The zero-order chi connectivity index (χ0) is 23.7. The van der Waals surface area contributed by atoms with E-state index in [2.05, 4.69) is 52.1 Å². The maximum absolute atomic E-state index is 14.9. The van der Waals surface area contributed by atoms with Gasteiger partial charge < -0.3 is 20.9 Å². The van der Waals surface area contributed by atoms with Gasteiger partial charge in [0.1, 0.15) is 5.82 Å². The summed E-state index contributed by atoms with van der Waals surface area (Å²) in [5, 5.41) is 11.0. The molecule has 1 unspecified atom stereocenters. The summed E-state index contributed by atoms with van der Waals surface area (Å²) in [6.45, 7) is 4.17. The number of halogens is 2. The van der Waals surface area contributed by atoms with E-state index in [1.54, 1.807) is 12.1 Å². The molecule has 5 rings (SSSR count). The number of rotatable bonds is 4. The monoisotopic (exact) mass is 479 g/mol. The van der Waals surface area contributed by atoms with Crippen LogP contribution in [0.1, 0.15) is 43.9 Å². The van der Waals surface area contributed by atoms with Gasteiger partial charge in [-0.15, -0.1) is 0 Å². The normalized spacial score (nSPS) is 22.8. The highest BCUT2D eigenvalue weighted by Crippen LogP contribution is 2.39. The lowest BCUT2D eigenvalue weighted by Gasteiger charge is -2.37. The Balaban J connectivity index is 1.49. The fraction of sp³-hybridized carbons (Fsp3) is 0.370. The first-order valence-electron chi connectivity index (χ1n) is 12.0. The van der Waals surface area contributed by atoms with Crippen LogP contribution in [0.5, 0.6) is 0 Å². The van der Waals surface area contributed by atoms with Crippen LogP contribution < -0.4 is 20.9 Å².